The summed E-state index contributed by atoms with van der Waals surface area (Å²) in [5, 5.41) is 9.63. The Balaban J connectivity index is 2.23. The summed E-state index contributed by atoms with van der Waals surface area (Å²) >= 11 is 0. The summed E-state index contributed by atoms with van der Waals surface area (Å²) in [5.41, 5.74) is -0.720. The second kappa shape index (κ2) is 4.55. The zero-order chi connectivity index (χ0) is 13.4. The number of ether oxygens (including phenoxy) is 1. The van der Waals surface area contributed by atoms with Crippen LogP contribution in [0.15, 0.2) is 24.3 Å². The van der Waals surface area contributed by atoms with Crippen molar-refractivity contribution in [1.29, 1.82) is 0 Å². The molecule has 1 aromatic carbocycles. The highest BCUT2D eigenvalue weighted by Crippen LogP contribution is 2.36. The van der Waals surface area contributed by atoms with E-state index in [1.54, 1.807) is 6.92 Å². The van der Waals surface area contributed by atoms with E-state index >= 15 is 0 Å². The molecule has 2 rings (SSSR count). The number of aliphatic hydroxyl groups is 1. The second-order valence-corrected chi connectivity index (χ2v) is 4.80. The molecule has 5 heteroatoms. The molecule has 2 nitrogen and oxygen atoms in total. The molecule has 0 radical (unpaired) electrons. The SMILES string of the molecule is CC1(c2ccc(C(F)(F)F)cc2)CC(O)CCO1. The molecule has 18 heavy (non-hydrogen) atoms. The van der Waals surface area contributed by atoms with E-state index in [1.807, 2.05) is 0 Å². The van der Waals surface area contributed by atoms with Crippen LogP contribution in [-0.2, 0) is 16.5 Å². The van der Waals surface area contributed by atoms with E-state index in [4.69, 9.17) is 4.74 Å². The number of hydrogen-bond donors (Lipinski definition) is 1. The molecule has 2 unspecified atom stereocenters. The fraction of sp³-hybridized carbons (Fsp3) is 0.538. The zero-order valence-electron chi connectivity index (χ0n) is 10.00. The largest absolute Gasteiger partial charge is 0.416 e. The smallest absolute Gasteiger partial charge is 0.393 e. The molecule has 1 fully saturated rings. The van der Waals surface area contributed by atoms with Gasteiger partial charge in [0.2, 0.25) is 0 Å². The predicted octanol–water partition coefficient (Wildman–Crippen LogP) is 3.09. The summed E-state index contributed by atoms with van der Waals surface area (Å²) in [7, 11) is 0. The van der Waals surface area contributed by atoms with E-state index in [2.05, 4.69) is 0 Å². The molecule has 0 bridgehead atoms. The summed E-state index contributed by atoms with van der Waals surface area (Å²) < 4.78 is 43.0. The average molecular weight is 260 g/mol. The molecule has 1 N–H and O–H groups in total. The van der Waals surface area contributed by atoms with Crippen molar-refractivity contribution >= 4 is 0 Å². The first kappa shape index (κ1) is 13.4. The standard InChI is InChI=1S/C13H15F3O2/c1-12(8-11(17)6-7-18-12)9-2-4-10(5-3-9)13(14,15)16/h2-5,11,17H,6-8H2,1H3. The van der Waals surface area contributed by atoms with Crippen LogP contribution in [0.5, 0.6) is 0 Å². The van der Waals surface area contributed by atoms with E-state index in [9.17, 15) is 18.3 Å². The van der Waals surface area contributed by atoms with Crippen LogP contribution in [0.4, 0.5) is 13.2 Å². The Morgan fingerprint density at radius 3 is 2.39 bits per heavy atom. The molecule has 1 heterocycles. The van der Waals surface area contributed by atoms with Crippen molar-refractivity contribution in [1.82, 2.24) is 0 Å². The Morgan fingerprint density at radius 1 is 1.28 bits per heavy atom. The van der Waals surface area contributed by atoms with E-state index in [1.165, 1.54) is 12.1 Å². The van der Waals surface area contributed by atoms with Gasteiger partial charge in [-0.15, -0.1) is 0 Å². The quantitative estimate of drug-likeness (QED) is 0.840. The highest BCUT2D eigenvalue weighted by atomic mass is 19.4. The number of alkyl halides is 3. The van der Waals surface area contributed by atoms with Gasteiger partial charge in [0.05, 0.1) is 23.9 Å². The van der Waals surface area contributed by atoms with Gasteiger partial charge in [-0.05, 0) is 31.0 Å². The maximum atomic E-state index is 12.4. The molecule has 1 aromatic rings. The van der Waals surface area contributed by atoms with Gasteiger partial charge in [0.25, 0.3) is 0 Å². The third kappa shape index (κ3) is 2.67. The molecule has 1 aliphatic heterocycles. The first-order valence-electron chi connectivity index (χ1n) is 5.81. The molecule has 0 amide bonds. The van der Waals surface area contributed by atoms with Crippen LogP contribution in [0.25, 0.3) is 0 Å². The fourth-order valence-electron chi connectivity index (χ4n) is 2.24. The summed E-state index contributed by atoms with van der Waals surface area (Å²) in [6.45, 7) is 2.21. The lowest BCUT2D eigenvalue weighted by molar-refractivity contribution is -0.137. The molecule has 0 spiro atoms. The van der Waals surface area contributed by atoms with E-state index in [-0.39, 0.29) is 0 Å². The molecule has 0 aromatic heterocycles. The van der Waals surface area contributed by atoms with Crippen molar-refractivity contribution in [2.45, 2.75) is 37.6 Å². The summed E-state index contributed by atoms with van der Waals surface area (Å²) in [6, 6.07) is 4.93. The van der Waals surface area contributed by atoms with Crippen LogP contribution in [0, 0.1) is 0 Å². The average Bonchev–Trinajstić information content (AvgIpc) is 2.28. The van der Waals surface area contributed by atoms with Crippen LogP contribution in [0.2, 0.25) is 0 Å². The van der Waals surface area contributed by atoms with Gasteiger partial charge in [0, 0.05) is 6.42 Å². The van der Waals surface area contributed by atoms with Gasteiger partial charge in [-0.3, -0.25) is 0 Å². The van der Waals surface area contributed by atoms with Gasteiger partial charge >= 0.3 is 6.18 Å². The minimum atomic E-state index is -4.33. The van der Waals surface area contributed by atoms with Crippen LogP contribution in [0.1, 0.15) is 30.9 Å². The maximum Gasteiger partial charge on any atom is 0.416 e. The molecule has 0 aliphatic carbocycles. The topological polar surface area (TPSA) is 29.5 Å². The second-order valence-electron chi connectivity index (χ2n) is 4.80. The van der Waals surface area contributed by atoms with Gasteiger partial charge < -0.3 is 9.84 Å². The highest BCUT2D eigenvalue weighted by Gasteiger charge is 2.35. The molecule has 100 valence electrons. The molecule has 1 saturated heterocycles. The Bertz CT molecular complexity index is 413. The van der Waals surface area contributed by atoms with E-state index < -0.39 is 23.4 Å². The van der Waals surface area contributed by atoms with Crippen LogP contribution < -0.4 is 0 Å². The molecule has 0 saturated carbocycles. The third-order valence-electron chi connectivity index (χ3n) is 3.32. The first-order chi connectivity index (χ1) is 8.31. The molecule has 2 atom stereocenters. The third-order valence-corrected chi connectivity index (χ3v) is 3.32. The van der Waals surface area contributed by atoms with Crippen molar-refractivity contribution in [3.8, 4) is 0 Å². The Labute approximate surface area is 103 Å². The van der Waals surface area contributed by atoms with Gasteiger partial charge in [-0.25, -0.2) is 0 Å². The van der Waals surface area contributed by atoms with Gasteiger partial charge in [-0.2, -0.15) is 13.2 Å². The lowest BCUT2D eigenvalue weighted by Crippen LogP contribution is -2.37. The lowest BCUT2D eigenvalue weighted by atomic mass is 9.86. The Hall–Kier alpha value is -1.07. The van der Waals surface area contributed by atoms with Crippen molar-refractivity contribution in [2.24, 2.45) is 0 Å². The van der Waals surface area contributed by atoms with Crippen LogP contribution in [-0.4, -0.2) is 17.8 Å². The highest BCUT2D eigenvalue weighted by molar-refractivity contribution is 5.29. The minimum Gasteiger partial charge on any atom is -0.393 e. The van der Waals surface area contributed by atoms with Crippen molar-refractivity contribution in [3.05, 3.63) is 35.4 Å². The van der Waals surface area contributed by atoms with Gasteiger partial charge in [-0.1, -0.05) is 12.1 Å². The monoisotopic (exact) mass is 260 g/mol. The first-order valence-corrected chi connectivity index (χ1v) is 5.81. The van der Waals surface area contributed by atoms with Gasteiger partial charge in [0.1, 0.15) is 0 Å². The van der Waals surface area contributed by atoms with Gasteiger partial charge in [0.15, 0.2) is 0 Å². The lowest BCUT2D eigenvalue weighted by Gasteiger charge is -2.37. The van der Waals surface area contributed by atoms with Crippen LogP contribution >= 0.6 is 0 Å². The van der Waals surface area contributed by atoms with Crippen LogP contribution in [0.3, 0.4) is 0 Å². The van der Waals surface area contributed by atoms with E-state index in [0.717, 1.165) is 12.1 Å². The molecular formula is C13H15F3O2. The summed E-state index contributed by atoms with van der Waals surface area (Å²) in [5.74, 6) is 0. The van der Waals surface area contributed by atoms with Crippen molar-refractivity contribution in [2.75, 3.05) is 6.61 Å². The summed E-state index contributed by atoms with van der Waals surface area (Å²) in [4.78, 5) is 0. The predicted molar refractivity (Wildman–Crippen MR) is 60.0 cm³/mol. The Morgan fingerprint density at radius 2 is 1.89 bits per heavy atom. The number of benzene rings is 1. The number of hydrogen-bond acceptors (Lipinski definition) is 2. The van der Waals surface area contributed by atoms with Crippen molar-refractivity contribution < 1.29 is 23.0 Å². The molecule has 1 aliphatic rings. The van der Waals surface area contributed by atoms with Crippen molar-refractivity contribution in [3.63, 3.8) is 0 Å². The summed E-state index contributed by atoms with van der Waals surface area (Å²) in [6.07, 6.45) is -3.83. The minimum absolute atomic E-state index is 0.401. The zero-order valence-corrected chi connectivity index (χ0v) is 10.00. The maximum absolute atomic E-state index is 12.4. The number of aliphatic hydroxyl groups excluding tert-OH is 1. The van der Waals surface area contributed by atoms with E-state index in [0.29, 0.717) is 25.0 Å². The molecular weight excluding hydrogens is 245 g/mol. The Kier molecular flexibility index (Phi) is 3.38. The normalized spacial score (nSPS) is 29.3. The fourth-order valence-corrected chi connectivity index (χ4v) is 2.24. The number of rotatable bonds is 1. The number of halogens is 3.